The Bertz CT molecular complexity index is 1350. The van der Waals surface area contributed by atoms with E-state index >= 15 is 0 Å². The quantitative estimate of drug-likeness (QED) is 0.177. The van der Waals surface area contributed by atoms with Gasteiger partial charge in [-0.15, -0.1) is 0 Å². The first-order valence-corrected chi connectivity index (χ1v) is 11.1. The number of H-pyrrole nitrogens is 1. The van der Waals surface area contributed by atoms with E-state index in [-0.39, 0.29) is 22.6 Å². The van der Waals surface area contributed by atoms with E-state index in [2.05, 4.69) is 15.3 Å². The van der Waals surface area contributed by atoms with Crippen molar-refractivity contribution >= 4 is 29.2 Å². The third-order valence-electron chi connectivity index (χ3n) is 5.35. The van der Waals surface area contributed by atoms with Gasteiger partial charge in [-0.1, -0.05) is 36.0 Å². The fraction of sp³-hybridized carbons (Fsp3) is 0.174. The van der Waals surface area contributed by atoms with E-state index in [1.54, 1.807) is 19.1 Å². The number of methoxy groups -OCH3 is 1. The minimum atomic E-state index is -0.797. The lowest BCUT2D eigenvalue weighted by Crippen LogP contribution is -2.31. The Hall–Kier alpha value is -3.99. The van der Waals surface area contributed by atoms with Gasteiger partial charge < -0.3 is 15.0 Å². The molecule has 0 unspecified atom stereocenters. The maximum atomic E-state index is 13.5. The number of allylic oxidation sites excluding steroid dienone is 1. The number of hydrogen-bond donors (Lipinski definition) is 2. The van der Waals surface area contributed by atoms with Crippen molar-refractivity contribution in [1.29, 1.82) is 0 Å². The van der Waals surface area contributed by atoms with Crippen molar-refractivity contribution < 1.29 is 18.8 Å². The summed E-state index contributed by atoms with van der Waals surface area (Å²) in [6.45, 7) is 1.68. The molecule has 11 heteroatoms. The highest BCUT2D eigenvalue weighted by atomic mass is 32.2. The van der Waals surface area contributed by atoms with E-state index in [9.17, 15) is 24.1 Å². The predicted octanol–water partition coefficient (Wildman–Crippen LogP) is 4.11. The highest BCUT2D eigenvalue weighted by molar-refractivity contribution is 7.98. The minimum absolute atomic E-state index is 0.00577. The zero-order chi connectivity index (χ0) is 24.4. The number of ether oxygens (including phenoxy) is 1. The summed E-state index contributed by atoms with van der Waals surface area (Å²) in [7, 11) is 1.25. The lowest BCUT2D eigenvalue weighted by atomic mass is 9.82. The standard InChI is InChI=1S/C23H19FN4O5S/c1-12-17(22(30)33-2)18(14-5-7-15(24)8-6-14)19-20(25-12)26-23(27-21(19)29)34-11-13-3-9-16(10-4-13)28(31)32/h3-10,18H,11H2,1-2H3,(H2,25,26,27,29)/t18-/m1/s1. The van der Waals surface area contributed by atoms with Crippen LogP contribution in [0.5, 0.6) is 0 Å². The van der Waals surface area contributed by atoms with Crippen LogP contribution in [0.15, 0.2) is 69.8 Å². The highest BCUT2D eigenvalue weighted by Gasteiger charge is 2.36. The number of anilines is 1. The summed E-state index contributed by atoms with van der Waals surface area (Å²) in [5.41, 5.74) is 1.83. The maximum absolute atomic E-state index is 13.5. The van der Waals surface area contributed by atoms with Crippen LogP contribution in [0.25, 0.3) is 0 Å². The number of nitrogens with zero attached hydrogens (tertiary/aromatic N) is 2. The molecule has 0 saturated heterocycles. The van der Waals surface area contributed by atoms with Gasteiger partial charge in [-0.3, -0.25) is 14.9 Å². The zero-order valence-corrected chi connectivity index (χ0v) is 18.9. The second kappa shape index (κ2) is 9.48. The minimum Gasteiger partial charge on any atom is -0.466 e. The molecular formula is C23H19FN4O5S. The number of rotatable bonds is 6. The molecule has 1 aliphatic rings. The number of carbonyl (C=O) groups excluding carboxylic acids is 1. The molecule has 0 radical (unpaired) electrons. The summed E-state index contributed by atoms with van der Waals surface area (Å²) in [5.74, 6) is -1.14. The highest BCUT2D eigenvalue weighted by Crippen LogP contribution is 2.40. The molecule has 34 heavy (non-hydrogen) atoms. The molecule has 0 aliphatic carbocycles. The van der Waals surface area contributed by atoms with Gasteiger partial charge in [-0.2, -0.15) is 0 Å². The van der Waals surface area contributed by atoms with E-state index in [4.69, 9.17) is 4.74 Å². The number of halogens is 1. The second-order valence-electron chi connectivity index (χ2n) is 7.49. The zero-order valence-electron chi connectivity index (χ0n) is 18.1. The Morgan fingerprint density at radius 1 is 1.21 bits per heavy atom. The number of aromatic amines is 1. The Labute approximate surface area is 197 Å². The number of nitro groups is 1. The summed E-state index contributed by atoms with van der Waals surface area (Å²) in [6.07, 6.45) is 0. The molecule has 0 saturated carbocycles. The molecule has 1 aliphatic heterocycles. The van der Waals surface area contributed by atoms with Crippen LogP contribution in [-0.4, -0.2) is 28.0 Å². The fourth-order valence-corrected chi connectivity index (χ4v) is 4.55. The Balaban J connectivity index is 1.69. The summed E-state index contributed by atoms with van der Waals surface area (Å²) in [6, 6.07) is 11.7. The number of thioether (sulfide) groups is 1. The van der Waals surface area contributed by atoms with Crippen molar-refractivity contribution in [2.75, 3.05) is 12.4 Å². The van der Waals surface area contributed by atoms with Gasteiger partial charge in [0.2, 0.25) is 0 Å². The normalized spacial score (nSPS) is 14.9. The monoisotopic (exact) mass is 482 g/mol. The third-order valence-corrected chi connectivity index (χ3v) is 6.30. The van der Waals surface area contributed by atoms with Crippen molar-refractivity contribution in [3.8, 4) is 0 Å². The van der Waals surface area contributed by atoms with Crippen LogP contribution in [-0.2, 0) is 15.3 Å². The maximum Gasteiger partial charge on any atom is 0.336 e. The average molecular weight is 482 g/mol. The van der Waals surface area contributed by atoms with E-state index in [1.165, 1.54) is 55.3 Å². The van der Waals surface area contributed by atoms with E-state index in [0.29, 0.717) is 22.2 Å². The van der Waals surface area contributed by atoms with Crippen molar-refractivity contribution in [1.82, 2.24) is 9.97 Å². The molecule has 0 bridgehead atoms. The van der Waals surface area contributed by atoms with Crippen molar-refractivity contribution in [3.63, 3.8) is 0 Å². The molecule has 0 amide bonds. The average Bonchev–Trinajstić information content (AvgIpc) is 2.82. The molecule has 0 fully saturated rings. The Morgan fingerprint density at radius 3 is 2.50 bits per heavy atom. The lowest BCUT2D eigenvalue weighted by molar-refractivity contribution is -0.384. The summed E-state index contributed by atoms with van der Waals surface area (Å²) in [5, 5.41) is 14.2. The number of benzene rings is 2. The number of esters is 1. The Morgan fingerprint density at radius 2 is 1.88 bits per heavy atom. The van der Waals surface area contributed by atoms with Gasteiger partial charge in [0, 0.05) is 23.6 Å². The van der Waals surface area contributed by atoms with Crippen LogP contribution in [0.4, 0.5) is 15.9 Å². The molecule has 0 spiro atoms. The van der Waals surface area contributed by atoms with Gasteiger partial charge in [0.15, 0.2) is 5.16 Å². The largest absolute Gasteiger partial charge is 0.466 e. The molecule has 4 rings (SSSR count). The molecule has 3 aromatic rings. The molecule has 2 heterocycles. The number of aromatic nitrogens is 2. The molecule has 1 aromatic heterocycles. The van der Waals surface area contributed by atoms with E-state index in [0.717, 1.165) is 5.56 Å². The smallest absolute Gasteiger partial charge is 0.336 e. The van der Waals surface area contributed by atoms with Crippen molar-refractivity contribution in [3.05, 3.63) is 103 Å². The van der Waals surface area contributed by atoms with Crippen LogP contribution < -0.4 is 10.9 Å². The van der Waals surface area contributed by atoms with Crippen LogP contribution in [0.1, 0.15) is 29.5 Å². The first-order chi connectivity index (χ1) is 16.3. The van der Waals surface area contributed by atoms with Gasteiger partial charge in [0.05, 0.1) is 29.1 Å². The topological polar surface area (TPSA) is 127 Å². The summed E-state index contributed by atoms with van der Waals surface area (Å²) >= 11 is 1.25. The van der Waals surface area contributed by atoms with Crippen molar-refractivity contribution in [2.24, 2.45) is 0 Å². The van der Waals surface area contributed by atoms with Gasteiger partial charge in [-0.05, 0) is 30.2 Å². The molecule has 174 valence electrons. The predicted molar refractivity (Wildman–Crippen MR) is 124 cm³/mol. The SMILES string of the molecule is COC(=O)C1=C(C)Nc2nc(SCc3ccc([N+](=O)[O-])cc3)[nH]c(=O)c2[C@@H]1c1ccc(F)cc1. The van der Waals surface area contributed by atoms with Crippen LogP contribution in [0.3, 0.4) is 0 Å². The summed E-state index contributed by atoms with van der Waals surface area (Å²) < 4.78 is 18.5. The molecule has 9 nitrogen and oxygen atoms in total. The number of hydrogen-bond acceptors (Lipinski definition) is 8. The van der Waals surface area contributed by atoms with Crippen LogP contribution in [0.2, 0.25) is 0 Å². The molecule has 1 atom stereocenters. The molecule has 2 aromatic carbocycles. The molecule has 2 N–H and O–H groups in total. The number of nitro benzene ring substituents is 1. The van der Waals surface area contributed by atoms with Crippen molar-refractivity contribution in [2.45, 2.75) is 23.8 Å². The van der Waals surface area contributed by atoms with Crippen LogP contribution >= 0.6 is 11.8 Å². The lowest BCUT2D eigenvalue weighted by Gasteiger charge is -2.28. The van der Waals surface area contributed by atoms with Gasteiger partial charge in [0.1, 0.15) is 11.6 Å². The van der Waals surface area contributed by atoms with E-state index in [1.807, 2.05) is 0 Å². The number of non-ortho nitro benzene ring substituents is 1. The third kappa shape index (κ3) is 4.55. The second-order valence-corrected chi connectivity index (χ2v) is 8.45. The first kappa shape index (κ1) is 23.2. The number of fused-ring (bicyclic) bond motifs is 1. The van der Waals surface area contributed by atoms with E-state index < -0.39 is 28.2 Å². The van der Waals surface area contributed by atoms with Gasteiger partial charge >= 0.3 is 5.97 Å². The number of nitrogens with one attached hydrogen (secondary N) is 2. The van der Waals surface area contributed by atoms with Gasteiger partial charge in [0.25, 0.3) is 11.2 Å². The van der Waals surface area contributed by atoms with Gasteiger partial charge in [-0.25, -0.2) is 14.2 Å². The fourth-order valence-electron chi connectivity index (χ4n) is 3.73. The summed E-state index contributed by atoms with van der Waals surface area (Å²) in [4.78, 5) is 43.3. The Kier molecular flexibility index (Phi) is 6.46. The number of carbonyl (C=O) groups is 1. The molecular weight excluding hydrogens is 463 g/mol. The van der Waals surface area contributed by atoms with Crippen LogP contribution in [0, 0.1) is 15.9 Å². The first-order valence-electron chi connectivity index (χ1n) is 10.1.